The van der Waals surface area contributed by atoms with Gasteiger partial charge in [-0.1, -0.05) is 37.0 Å². The van der Waals surface area contributed by atoms with Crippen LogP contribution in [0.1, 0.15) is 27.2 Å². The third-order valence-corrected chi connectivity index (χ3v) is 4.09. The Hall–Kier alpha value is -1.01. The second kappa shape index (κ2) is 10.8. The van der Waals surface area contributed by atoms with Crippen LogP contribution in [0.15, 0.2) is 18.2 Å². The van der Waals surface area contributed by atoms with E-state index in [1.807, 2.05) is 6.92 Å². The summed E-state index contributed by atoms with van der Waals surface area (Å²) in [7, 11) is 0. The van der Waals surface area contributed by atoms with E-state index in [2.05, 4.69) is 5.32 Å². The highest BCUT2D eigenvalue weighted by Crippen LogP contribution is 2.25. The van der Waals surface area contributed by atoms with Gasteiger partial charge in [0.15, 0.2) is 0 Å². The highest BCUT2D eigenvalue weighted by Gasteiger charge is 2.24. The number of hydrogen-bond donors (Lipinski definition) is 2. The van der Waals surface area contributed by atoms with Gasteiger partial charge < -0.3 is 16.0 Å². The molecule has 1 aromatic carbocycles. The third-order valence-electron chi connectivity index (χ3n) is 3.52. The molecular weight excluding hydrogens is 373 g/mol. The molecule has 0 aromatic heterocycles. The monoisotopic (exact) mass is 395 g/mol. The maximum Gasteiger partial charge on any atom is 0.244 e. The lowest BCUT2D eigenvalue weighted by molar-refractivity contribution is -0.138. The lowest BCUT2D eigenvalue weighted by Crippen LogP contribution is -2.45. The van der Waals surface area contributed by atoms with E-state index in [-0.39, 0.29) is 42.7 Å². The van der Waals surface area contributed by atoms with Crippen molar-refractivity contribution in [1.29, 1.82) is 0 Å². The number of anilines is 1. The number of carbonyl (C=O) groups excluding carboxylic acids is 2. The fourth-order valence-corrected chi connectivity index (χ4v) is 2.34. The highest BCUT2D eigenvalue weighted by atomic mass is 35.5. The lowest BCUT2D eigenvalue weighted by Gasteiger charge is -2.26. The van der Waals surface area contributed by atoms with E-state index >= 15 is 0 Å². The van der Waals surface area contributed by atoms with E-state index in [0.717, 1.165) is 6.42 Å². The van der Waals surface area contributed by atoms with Gasteiger partial charge in [-0.25, -0.2) is 0 Å². The van der Waals surface area contributed by atoms with Gasteiger partial charge in [0, 0.05) is 17.6 Å². The van der Waals surface area contributed by atoms with Crippen molar-refractivity contribution in [2.75, 3.05) is 18.4 Å². The van der Waals surface area contributed by atoms with E-state index < -0.39 is 0 Å². The molecule has 5 nitrogen and oxygen atoms in total. The number of nitrogens with two attached hydrogens (primary N) is 1. The number of nitrogens with one attached hydrogen (secondary N) is 1. The van der Waals surface area contributed by atoms with Crippen molar-refractivity contribution in [1.82, 2.24) is 4.90 Å². The summed E-state index contributed by atoms with van der Waals surface area (Å²) in [5, 5.41) is 3.54. The number of hydrogen-bond acceptors (Lipinski definition) is 3. The van der Waals surface area contributed by atoms with Crippen LogP contribution in [-0.2, 0) is 9.59 Å². The SMILES string of the molecule is CCCN(CC(=O)Nc1cc(Cl)ccc1Cl)C(=O)C(C)C(C)N.Cl. The predicted molar refractivity (Wildman–Crippen MR) is 102 cm³/mol. The molecule has 2 amide bonds. The molecule has 2 unspecified atom stereocenters. The summed E-state index contributed by atoms with van der Waals surface area (Å²) in [5.74, 6) is -0.800. The largest absolute Gasteiger partial charge is 0.333 e. The summed E-state index contributed by atoms with van der Waals surface area (Å²) in [6.07, 6.45) is 0.753. The Bertz CT molecular complexity index is 567. The van der Waals surface area contributed by atoms with E-state index in [1.54, 1.807) is 32.0 Å². The van der Waals surface area contributed by atoms with Crippen LogP contribution in [0.2, 0.25) is 10.0 Å². The van der Waals surface area contributed by atoms with Gasteiger partial charge in [0.1, 0.15) is 0 Å². The van der Waals surface area contributed by atoms with Crippen LogP contribution >= 0.6 is 35.6 Å². The number of carbonyl (C=O) groups is 2. The summed E-state index contributed by atoms with van der Waals surface area (Å²) >= 11 is 11.9. The first-order valence-electron chi connectivity index (χ1n) is 7.55. The molecule has 0 heterocycles. The maximum absolute atomic E-state index is 12.4. The van der Waals surface area contributed by atoms with Gasteiger partial charge in [-0.2, -0.15) is 0 Å². The van der Waals surface area contributed by atoms with Gasteiger partial charge in [-0.15, -0.1) is 12.4 Å². The number of rotatable bonds is 7. The molecule has 2 atom stereocenters. The summed E-state index contributed by atoms with van der Waals surface area (Å²) in [4.78, 5) is 26.1. The van der Waals surface area contributed by atoms with Gasteiger partial charge in [-0.3, -0.25) is 9.59 Å². The van der Waals surface area contributed by atoms with Crippen molar-refractivity contribution in [2.24, 2.45) is 11.7 Å². The summed E-state index contributed by atoms with van der Waals surface area (Å²) in [6.45, 7) is 5.93. The molecule has 0 aliphatic heterocycles. The molecule has 8 heteroatoms. The number of nitrogens with zero attached hydrogens (tertiary/aromatic N) is 1. The quantitative estimate of drug-likeness (QED) is 0.739. The number of halogens is 3. The molecule has 1 rings (SSSR count). The van der Waals surface area contributed by atoms with E-state index in [0.29, 0.717) is 22.3 Å². The molecule has 3 N–H and O–H groups in total. The van der Waals surface area contributed by atoms with Gasteiger partial charge in [0.05, 0.1) is 23.2 Å². The summed E-state index contributed by atoms with van der Waals surface area (Å²) < 4.78 is 0. The topological polar surface area (TPSA) is 75.4 Å². The van der Waals surface area contributed by atoms with Crippen LogP contribution in [-0.4, -0.2) is 35.8 Å². The standard InChI is InChI=1S/C16H23Cl2N3O2.ClH/c1-4-7-21(16(23)10(2)11(3)19)9-15(22)20-14-8-12(17)5-6-13(14)18;/h5-6,8,10-11H,4,7,9,19H2,1-3H3,(H,20,22);1H. The fourth-order valence-electron chi connectivity index (χ4n) is 2.01. The first kappa shape index (κ1) is 23.0. The molecular formula is C16H24Cl3N3O2. The molecule has 136 valence electrons. The minimum Gasteiger partial charge on any atom is -0.333 e. The molecule has 0 spiro atoms. The second-order valence-corrected chi connectivity index (χ2v) is 6.42. The number of amides is 2. The molecule has 24 heavy (non-hydrogen) atoms. The Labute approximate surface area is 159 Å². The van der Waals surface area contributed by atoms with Gasteiger partial charge in [-0.05, 0) is 31.5 Å². The zero-order valence-corrected chi connectivity index (χ0v) is 16.3. The van der Waals surface area contributed by atoms with Crippen molar-refractivity contribution in [3.63, 3.8) is 0 Å². The summed E-state index contributed by atoms with van der Waals surface area (Å²) in [5.41, 5.74) is 6.21. The minimum absolute atomic E-state index is 0. The molecule has 0 saturated heterocycles. The first-order valence-corrected chi connectivity index (χ1v) is 8.31. The molecule has 0 fully saturated rings. The first-order chi connectivity index (χ1) is 10.8. The Kier molecular flexibility index (Phi) is 10.3. The molecule has 0 saturated carbocycles. The Balaban J connectivity index is 0.00000529. The van der Waals surface area contributed by atoms with Crippen LogP contribution in [0.25, 0.3) is 0 Å². The van der Waals surface area contributed by atoms with Crippen molar-refractivity contribution < 1.29 is 9.59 Å². The van der Waals surface area contributed by atoms with Crippen molar-refractivity contribution in [3.8, 4) is 0 Å². The van der Waals surface area contributed by atoms with Gasteiger partial charge >= 0.3 is 0 Å². The Morgan fingerprint density at radius 3 is 2.46 bits per heavy atom. The predicted octanol–water partition coefficient (Wildman–Crippen LogP) is 3.58. The summed E-state index contributed by atoms with van der Waals surface area (Å²) in [6, 6.07) is 4.54. The van der Waals surface area contributed by atoms with Crippen LogP contribution < -0.4 is 11.1 Å². The zero-order valence-electron chi connectivity index (χ0n) is 14.0. The average Bonchev–Trinajstić information content (AvgIpc) is 2.48. The average molecular weight is 397 g/mol. The third kappa shape index (κ3) is 6.85. The van der Waals surface area contributed by atoms with Crippen LogP contribution in [0.3, 0.4) is 0 Å². The second-order valence-electron chi connectivity index (χ2n) is 5.58. The molecule has 0 aliphatic rings. The number of benzene rings is 1. The van der Waals surface area contributed by atoms with E-state index in [9.17, 15) is 9.59 Å². The van der Waals surface area contributed by atoms with E-state index in [1.165, 1.54) is 4.90 Å². The smallest absolute Gasteiger partial charge is 0.244 e. The Morgan fingerprint density at radius 1 is 1.29 bits per heavy atom. The van der Waals surface area contributed by atoms with Crippen molar-refractivity contribution >= 4 is 53.1 Å². The van der Waals surface area contributed by atoms with Gasteiger partial charge in [0.25, 0.3) is 0 Å². The zero-order chi connectivity index (χ0) is 17.6. The molecule has 0 aliphatic carbocycles. The van der Waals surface area contributed by atoms with Crippen LogP contribution in [0, 0.1) is 5.92 Å². The highest BCUT2D eigenvalue weighted by molar-refractivity contribution is 6.35. The molecule has 1 aromatic rings. The molecule has 0 bridgehead atoms. The van der Waals surface area contributed by atoms with Crippen molar-refractivity contribution in [2.45, 2.75) is 33.2 Å². The Morgan fingerprint density at radius 2 is 1.92 bits per heavy atom. The van der Waals surface area contributed by atoms with Crippen molar-refractivity contribution in [3.05, 3.63) is 28.2 Å². The minimum atomic E-state index is -0.343. The van der Waals surface area contributed by atoms with Gasteiger partial charge in [0.2, 0.25) is 11.8 Å². The lowest BCUT2D eigenvalue weighted by atomic mass is 10.0. The normalized spacial score (nSPS) is 12.8. The fraction of sp³-hybridized carbons (Fsp3) is 0.500. The van der Waals surface area contributed by atoms with Crippen LogP contribution in [0.5, 0.6) is 0 Å². The maximum atomic E-state index is 12.4. The van der Waals surface area contributed by atoms with E-state index in [4.69, 9.17) is 28.9 Å². The van der Waals surface area contributed by atoms with Crippen LogP contribution in [0.4, 0.5) is 5.69 Å². The molecule has 0 radical (unpaired) electrons.